The van der Waals surface area contributed by atoms with Crippen molar-refractivity contribution in [1.29, 1.82) is 0 Å². The number of carbonyl (C=O) groups is 3. The molecule has 0 aliphatic heterocycles. The average Bonchev–Trinajstić information content (AvgIpc) is 3.45. The maximum Gasteiger partial charge on any atom is 0.413 e. The molecule has 3 amide bonds. The van der Waals surface area contributed by atoms with E-state index in [4.69, 9.17) is 62.7 Å². The summed E-state index contributed by atoms with van der Waals surface area (Å²) < 4.78 is 33.1. The Morgan fingerprint density at radius 3 is 2.17 bits per heavy atom. The molecule has 0 radical (unpaired) electrons. The van der Waals surface area contributed by atoms with Crippen LogP contribution in [-0.2, 0) is 4.79 Å². The minimum Gasteiger partial charge on any atom is -0.407 e. The highest BCUT2D eigenvalue weighted by molar-refractivity contribution is 6.53. The van der Waals surface area contributed by atoms with Gasteiger partial charge in [-0.15, -0.1) is 23.2 Å². The number of ether oxygens (including phenoxy) is 1. The van der Waals surface area contributed by atoms with Crippen molar-refractivity contribution >= 4 is 87.3 Å². The molecule has 1 aliphatic rings. The number of benzene rings is 3. The predicted octanol–water partition coefficient (Wildman–Crippen LogP) is 8.59. The van der Waals surface area contributed by atoms with Gasteiger partial charge in [0.05, 0.1) is 16.5 Å². The first-order valence-electron chi connectivity index (χ1n) is 12.2. The second-order valence-corrected chi connectivity index (χ2v) is 13.2. The topological polar surface area (TPSA) is 96.5 Å². The molecule has 1 aliphatic carbocycles. The molecule has 4 rings (SSSR count). The Hall–Kier alpha value is -2.82. The Bertz CT molecular complexity index is 1580. The molecular formula is C28H22Cl5F2N3O4. The first-order valence-corrected chi connectivity index (χ1v) is 14.1. The van der Waals surface area contributed by atoms with Crippen LogP contribution in [0.15, 0.2) is 48.5 Å². The minimum atomic E-state index is -1.45. The summed E-state index contributed by atoms with van der Waals surface area (Å²) in [6.45, 7) is 5.05. The third-order valence-electron chi connectivity index (χ3n) is 6.03. The lowest BCUT2D eigenvalue weighted by molar-refractivity contribution is -0.117. The molecule has 3 N–H and O–H groups in total. The Kier molecular flexibility index (Phi) is 9.21. The number of rotatable bonds is 6. The van der Waals surface area contributed by atoms with Crippen molar-refractivity contribution in [1.82, 2.24) is 5.32 Å². The number of hydrogen-bond acceptors (Lipinski definition) is 4. The van der Waals surface area contributed by atoms with Gasteiger partial charge in [-0.1, -0.05) is 34.8 Å². The number of halogens is 7. The molecule has 0 saturated heterocycles. The summed E-state index contributed by atoms with van der Waals surface area (Å²) in [7, 11) is 0. The molecule has 0 heterocycles. The molecule has 14 heteroatoms. The zero-order valence-corrected chi connectivity index (χ0v) is 25.8. The van der Waals surface area contributed by atoms with Crippen LogP contribution in [0.25, 0.3) is 0 Å². The molecule has 1 saturated carbocycles. The summed E-state index contributed by atoms with van der Waals surface area (Å²) in [4.78, 5) is 38.1. The Balaban J connectivity index is 1.51. The fraction of sp³-hybridized carbons (Fsp3) is 0.250. The minimum absolute atomic E-state index is 0.0785. The molecule has 3 aromatic carbocycles. The molecule has 3 aromatic rings. The third-order valence-corrected chi connectivity index (χ3v) is 7.74. The van der Waals surface area contributed by atoms with Gasteiger partial charge in [0.2, 0.25) is 5.91 Å². The summed E-state index contributed by atoms with van der Waals surface area (Å²) >= 11 is 31.1. The number of nitrogens with one attached hydrogen (secondary N) is 3. The first kappa shape index (κ1) is 32.1. The number of anilines is 2. The fourth-order valence-electron chi connectivity index (χ4n) is 4.16. The van der Waals surface area contributed by atoms with Gasteiger partial charge in [-0.05, 0) is 74.9 Å². The molecule has 7 nitrogen and oxygen atoms in total. The van der Waals surface area contributed by atoms with Gasteiger partial charge in [-0.25, -0.2) is 13.6 Å². The van der Waals surface area contributed by atoms with Gasteiger partial charge in [-0.3, -0.25) is 9.59 Å². The second kappa shape index (κ2) is 12.1. The molecule has 0 spiro atoms. The van der Waals surface area contributed by atoms with E-state index in [0.29, 0.717) is 15.6 Å². The van der Waals surface area contributed by atoms with Crippen molar-refractivity contribution in [3.05, 3.63) is 86.4 Å². The Morgan fingerprint density at radius 2 is 1.55 bits per heavy atom. The first-order chi connectivity index (χ1) is 19.5. The summed E-state index contributed by atoms with van der Waals surface area (Å²) in [5.41, 5.74) is -1.07. The largest absolute Gasteiger partial charge is 0.413 e. The lowest BCUT2D eigenvalue weighted by atomic mass is 10.1. The van der Waals surface area contributed by atoms with Gasteiger partial charge < -0.3 is 20.7 Å². The summed E-state index contributed by atoms with van der Waals surface area (Å²) in [6.07, 6.45) is -0.981. The zero-order chi connectivity index (χ0) is 31.1. The Labute approximate surface area is 264 Å². The van der Waals surface area contributed by atoms with Crippen molar-refractivity contribution in [3.63, 3.8) is 0 Å². The summed E-state index contributed by atoms with van der Waals surface area (Å²) in [5.74, 6) is -6.15. The van der Waals surface area contributed by atoms with Crippen molar-refractivity contribution in [2.75, 3.05) is 10.6 Å². The lowest BCUT2D eigenvalue weighted by Gasteiger charge is -2.20. The summed E-state index contributed by atoms with van der Waals surface area (Å²) in [5, 5.41) is 7.81. The van der Waals surface area contributed by atoms with Crippen LogP contribution in [0.3, 0.4) is 0 Å². The smallest absolute Gasteiger partial charge is 0.407 e. The van der Waals surface area contributed by atoms with Gasteiger partial charge in [0, 0.05) is 27.2 Å². The highest BCUT2D eigenvalue weighted by Gasteiger charge is 2.67. The summed E-state index contributed by atoms with van der Waals surface area (Å²) in [6, 6.07) is 10.4. The van der Waals surface area contributed by atoms with E-state index in [1.165, 1.54) is 24.3 Å². The fourth-order valence-corrected chi connectivity index (χ4v) is 5.73. The second-order valence-electron chi connectivity index (χ2n) is 10.5. The van der Waals surface area contributed by atoms with E-state index >= 15 is 4.39 Å². The van der Waals surface area contributed by atoms with E-state index in [-0.39, 0.29) is 16.3 Å². The third kappa shape index (κ3) is 7.21. The van der Waals surface area contributed by atoms with Crippen LogP contribution in [0.2, 0.25) is 15.1 Å². The van der Waals surface area contributed by atoms with E-state index in [0.717, 1.165) is 12.1 Å². The van der Waals surface area contributed by atoms with Crippen LogP contribution in [0.4, 0.5) is 25.0 Å². The molecule has 42 heavy (non-hydrogen) atoms. The van der Waals surface area contributed by atoms with Crippen molar-refractivity contribution in [2.45, 2.75) is 36.6 Å². The quantitative estimate of drug-likeness (QED) is 0.228. The van der Waals surface area contributed by atoms with Crippen LogP contribution in [0.5, 0.6) is 5.75 Å². The zero-order valence-electron chi connectivity index (χ0n) is 22.1. The number of amides is 3. The molecule has 0 bridgehead atoms. The van der Waals surface area contributed by atoms with Gasteiger partial charge in [0.1, 0.15) is 15.8 Å². The van der Waals surface area contributed by atoms with Crippen molar-refractivity contribution < 1.29 is 27.9 Å². The van der Waals surface area contributed by atoms with Gasteiger partial charge >= 0.3 is 6.09 Å². The SMILES string of the molecule is CC(C)(C)NC(=O)Oc1ccc(F)c(NC(=O)c2cc(NC(=O)C3C(c4cc(Cl)cc(Cl)c4)C3(Cl)Cl)ccc2Cl)c1F. The van der Waals surface area contributed by atoms with Crippen LogP contribution in [0.1, 0.15) is 42.6 Å². The molecule has 0 aromatic heterocycles. The predicted molar refractivity (Wildman–Crippen MR) is 160 cm³/mol. The number of alkyl halides is 2. The number of hydrogen-bond donors (Lipinski definition) is 3. The van der Waals surface area contributed by atoms with Crippen molar-refractivity contribution in [2.24, 2.45) is 5.92 Å². The maximum absolute atomic E-state index is 15.1. The lowest BCUT2D eigenvalue weighted by Crippen LogP contribution is -2.42. The van der Waals surface area contributed by atoms with E-state index in [2.05, 4.69) is 16.0 Å². The highest BCUT2D eigenvalue weighted by Crippen LogP contribution is 2.65. The monoisotopic (exact) mass is 677 g/mol. The molecule has 1 fully saturated rings. The average molecular weight is 680 g/mol. The standard InChI is InChI=1S/C28H22Cl5F2N3O4/c1-27(2,3)38-26(41)42-19-7-6-18(34)23(22(19)35)37-24(39)16-11-15(4-5-17(16)31)36-25(40)21-20(28(21,32)33)12-8-13(29)10-14(30)9-12/h4-11,20-21H,1-3H3,(H,36,40)(H,37,39)(H,38,41). The van der Waals surface area contributed by atoms with Crippen molar-refractivity contribution in [3.8, 4) is 5.75 Å². The maximum atomic E-state index is 15.1. The van der Waals surface area contributed by atoms with E-state index in [1.807, 2.05) is 0 Å². The molecule has 2 atom stereocenters. The van der Waals surface area contributed by atoms with Gasteiger partial charge in [0.15, 0.2) is 11.6 Å². The van der Waals surface area contributed by atoms with Gasteiger partial charge in [-0.2, -0.15) is 0 Å². The van der Waals surface area contributed by atoms with Crippen LogP contribution >= 0.6 is 58.0 Å². The number of carbonyl (C=O) groups excluding carboxylic acids is 3. The van der Waals surface area contributed by atoms with E-state index in [9.17, 15) is 18.8 Å². The van der Waals surface area contributed by atoms with E-state index in [1.54, 1.807) is 32.9 Å². The molecule has 222 valence electrons. The molecular weight excluding hydrogens is 658 g/mol. The van der Waals surface area contributed by atoms with Crippen LogP contribution in [-0.4, -0.2) is 27.8 Å². The van der Waals surface area contributed by atoms with Crippen LogP contribution in [0, 0.1) is 17.6 Å². The van der Waals surface area contributed by atoms with Crippen LogP contribution < -0.4 is 20.7 Å². The Morgan fingerprint density at radius 1 is 0.905 bits per heavy atom. The molecule has 2 unspecified atom stereocenters. The normalized spacial score (nSPS) is 17.3. The van der Waals surface area contributed by atoms with Gasteiger partial charge in [0.25, 0.3) is 5.91 Å². The van der Waals surface area contributed by atoms with E-state index < -0.39 is 62.7 Å². The highest BCUT2D eigenvalue weighted by atomic mass is 35.5.